The number of nitrogens with one attached hydrogen (secondary N) is 1. The number of rotatable bonds is 3. The molecule has 0 aromatic heterocycles. The van der Waals surface area contributed by atoms with Crippen LogP contribution in [-0.4, -0.2) is 17.9 Å². The Labute approximate surface area is 64.7 Å². The maximum atomic E-state index is 9.93. The summed E-state index contributed by atoms with van der Waals surface area (Å²) in [6.07, 6.45) is 0.785. The third kappa shape index (κ3) is 2.29. The van der Waals surface area contributed by atoms with Crippen molar-refractivity contribution in [2.24, 2.45) is 0 Å². The SMILES string of the molecule is O=CCNc1ccc(O)cc1. The van der Waals surface area contributed by atoms with Crippen molar-refractivity contribution in [3.63, 3.8) is 0 Å². The molecule has 1 aromatic carbocycles. The highest BCUT2D eigenvalue weighted by atomic mass is 16.3. The lowest BCUT2D eigenvalue weighted by Gasteiger charge is -2.00. The number of hydrogen-bond acceptors (Lipinski definition) is 3. The number of aldehydes is 1. The number of phenols is 1. The molecule has 1 aromatic rings. The van der Waals surface area contributed by atoms with Crippen molar-refractivity contribution in [3.8, 4) is 5.75 Å². The van der Waals surface area contributed by atoms with Crippen molar-refractivity contribution in [2.75, 3.05) is 11.9 Å². The molecular weight excluding hydrogens is 142 g/mol. The van der Waals surface area contributed by atoms with Crippen LogP contribution in [0.5, 0.6) is 5.75 Å². The Morgan fingerprint density at radius 3 is 2.55 bits per heavy atom. The highest BCUT2D eigenvalue weighted by Gasteiger charge is 1.89. The second-order valence-electron chi connectivity index (χ2n) is 2.09. The summed E-state index contributed by atoms with van der Waals surface area (Å²) in [5.74, 6) is 0.224. The highest BCUT2D eigenvalue weighted by molar-refractivity contribution is 5.59. The average molecular weight is 151 g/mol. The molecule has 0 saturated heterocycles. The molecule has 2 N–H and O–H groups in total. The molecule has 11 heavy (non-hydrogen) atoms. The normalized spacial score (nSPS) is 9.09. The van der Waals surface area contributed by atoms with Gasteiger partial charge in [-0.15, -0.1) is 0 Å². The fraction of sp³-hybridized carbons (Fsp3) is 0.125. The molecule has 0 spiro atoms. The second-order valence-corrected chi connectivity index (χ2v) is 2.09. The Morgan fingerprint density at radius 1 is 1.36 bits per heavy atom. The molecule has 0 radical (unpaired) electrons. The van der Waals surface area contributed by atoms with Crippen LogP contribution in [-0.2, 0) is 4.79 Å². The van der Waals surface area contributed by atoms with E-state index < -0.39 is 0 Å². The fourth-order valence-corrected chi connectivity index (χ4v) is 0.739. The van der Waals surface area contributed by atoms with E-state index in [0.717, 1.165) is 12.0 Å². The van der Waals surface area contributed by atoms with Gasteiger partial charge in [0.15, 0.2) is 0 Å². The van der Waals surface area contributed by atoms with Crippen molar-refractivity contribution in [2.45, 2.75) is 0 Å². The van der Waals surface area contributed by atoms with E-state index in [-0.39, 0.29) is 5.75 Å². The first-order valence-electron chi connectivity index (χ1n) is 3.29. The first kappa shape index (κ1) is 7.60. The van der Waals surface area contributed by atoms with Gasteiger partial charge in [-0.1, -0.05) is 0 Å². The molecule has 0 bridgehead atoms. The summed E-state index contributed by atoms with van der Waals surface area (Å²) in [5.41, 5.74) is 0.829. The molecule has 3 nitrogen and oxygen atoms in total. The summed E-state index contributed by atoms with van der Waals surface area (Å²) < 4.78 is 0. The quantitative estimate of drug-likeness (QED) is 0.500. The summed E-state index contributed by atoms with van der Waals surface area (Å²) in [5, 5.41) is 11.7. The number of phenolic OH excluding ortho intramolecular Hbond substituents is 1. The maximum absolute atomic E-state index is 9.93. The first-order chi connectivity index (χ1) is 5.33. The van der Waals surface area contributed by atoms with Gasteiger partial charge in [0.05, 0.1) is 6.54 Å². The Balaban J connectivity index is 2.58. The zero-order chi connectivity index (χ0) is 8.10. The van der Waals surface area contributed by atoms with Gasteiger partial charge in [0, 0.05) is 5.69 Å². The third-order valence-corrected chi connectivity index (χ3v) is 1.26. The average Bonchev–Trinajstić information content (AvgIpc) is 2.04. The summed E-state index contributed by atoms with van der Waals surface area (Å²) in [6, 6.07) is 6.54. The van der Waals surface area contributed by atoms with E-state index in [2.05, 4.69) is 5.32 Å². The standard InChI is InChI=1S/C8H9NO2/c10-6-5-9-7-1-3-8(11)4-2-7/h1-4,6,9,11H,5H2. The number of anilines is 1. The monoisotopic (exact) mass is 151 g/mol. The number of hydrogen-bond donors (Lipinski definition) is 2. The Bertz CT molecular complexity index is 230. The zero-order valence-corrected chi connectivity index (χ0v) is 5.95. The molecule has 0 aliphatic rings. The van der Waals surface area contributed by atoms with Gasteiger partial charge in [-0.05, 0) is 24.3 Å². The largest absolute Gasteiger partial charge is 0.508 e. The molecule has 0 fully saturated rings. The minimum Gasteiger partial charge on any atom is -0.508 e. The number of carbonyl (C=O) groups excluding carboxylic acids is 1. The first-order valence-corrected chi connectivity index (χ1v) is 3.29. The Hall–Kier alpha value is -1.51. The number of carbonyl (C=O) groups is 1. The minimum atomic E-state index is 0.224. The van der Waals surface area contributed by atoms with E-state index in [1.807, 2.05) is 0 Å². The van der Waals surface area contributed by atoms with Crippen LogP contribution in [0.2, 0.25) is 0 Å². The van der Waals surface area contributed by atoms with Crippen LogP contribution in [0.4, 0.5) is 5.69 Å². The predicted octanol–water partition coefficient (Wildman–Crippen LogP) is 1.00. The van der Waals surface area contributed by atoms with Crippen LogP contribution < -0.4 is 5.32 Å². The lowest BCUT2D eigenvalue weighted by molar-refractivity contribution is -0.106. The zero-order valence-electron chi connectivity index (χ0n) is 5.95. The lowest BCUT2D eigenvalue weighted by Crippen LogP contribution is -2.01. The summed E-state index contributed by atoms with van der Waals surface area (Å²) in [4.78, 5) is 9.93. The third-order valence-electron chi connectivity index (χ3n) is 1.26. The van der Waals surface area contributed by atoms with Gasteiger partial charge in [0.2, 0.25) is 0 Å². The molecular formula is C8H9NO2. The van der Waals surface area contributed by atoms with E-state index in [1.165, 1.54) is 0 Å². The fourth-order valence-electron chi connectivity index (χ4n) is 0.739. The van der Waals surface area contributed by atoms with Crippen molar-refractivity contribution >= 4 is 12.0 Å². The van der Waals surface area contributed by atoms with Crippen LogP contribution in [0.1, 0.15) is 0 Å². The van der Waals surface area contributed by atoms with E-state index in [4.69, 9.17) is 5.11 Å². The molecule has 0 atom stereocenters. The maximum Gasteiger partial charge on any atom is 0.139 e. The summed E-state index contributed by atoms with van der Waals surface area (Å²) >= 11 is 0. The molecule has 0 saturated carbocycles. The van der Waals surface area contributed by atoms with E-state index in [0.29, 0.717) is 6.54 Å². The van der Waals surface area contributed by atoms with Crippen molar-refractivity contribution in [1.29, 1.82) is 0 Å². The van der Waals surface area contributed by atoms with E-state index in [1.54, 1.807) is 24.3 Å². The van der Waals surface area contributed by atoms with Gasteiger partial charge in [0.1, 0.15) is 12.0 Å². The smallest absolute Gasteiger partial charge is 0.139 e. The van der Waals surface area contributed by atoms with Crippen LogP contribution in [0.25, 0.3) is 0 Å². The molecule has 1 rings (SSSR count). The molecule has 0 aliphatic heterocycles. The van der Waals surface area contributed by atoms with Crippen molar-refractivity contribution in [3.05, 3.63) is 24.3 Å². The van der Waals surface area contributed by atoms with Gasteiger partial charge in [-0.25, -0.2) is 0 Å². The Kier molecular flexibility index (Phi) is 2.49. The second kappa shape index (κ2) is 3.61. The minimum absolute atomic E-state index is 0.224. The lowest BCUT2D eigenvalue weighted by atomic mass is 10.3. The van der Waals surface area contributed by atoms with Crippen LogP contribution >= 0.6 is 0 Å². The Morgan fingerprint density at radius 2 is 2.00 bits per heavy atom. The molecule has 58 valence electrons. The van der Waals surface area contributed by atoms with Gasteiger partial charge in [-0.3, -0.25) is 0 Å². The van der Waals surface area contributed by atoms with Gasteiger partial charge >= 0.3 is 0 Å². The molecule has 3 heteroatoms. The summed E-state index contributed by atoms with van der Waals surface area (Å²) in [7, 11) is 0. The van der Waals surface area contributed by atoms with Crippen LogP contribution in [0, 0.1) is 0 Å². The molecule has 0 amide bonds. The number of benzene rings is 1. The van der Waals surface area contributed by atoms with Crippen molar-refractivity contribution in [1.82, 2.24) is 0 Å². The number of aromatic hydroxyl groups is 1. The van der Waals surface area contributed by atoms with E-state index >= 15 is 0 Å². The molecule has 0 heterocycles. The van der Waals surface area contributed by atoms with Crippen LogP contribution in [0.15, 0.2) is 24.3 Å². The topological polar surface area (TPSA) is 49.3 Å². The van der Waals surface area contributed by atoms with E-state index in [9.17, 15) is 4.79 Å². The summed E-state index contributed by atoms with van der Waals surface area (Å²) in [6.45, 7) is 0.296. The van der Waals surface area contributed by atoms with Gasteiger partial charge in [-0.2, -0.15) is 0 Å². The predicted molar refractivity (Wildman–Crippen MR) is 42.7 cm³/mol. The van der Waals surface area contributed by atoms with Crippen LogP contribution in [0.3, 0.4) is 0 Å². The highest BCUT2D eigenvalue weighted by Crippen LogP contribution is 2.12. The molecule has 0 unspecified atom stereocenters. The van der Waals surface area contributed by atoms with Gasteiger partial charge in [0.25, 0.3) is 0 Å². The van der Waals surface area contributed by atoms with Gasteiger partial charge < -0.3 is 15.2 Å². The van der Waals surface area contributed by atoms with Crippen molar-refractivity contribution < 1.29 is 9.90 Å². The molecule has 0 aliphatic carbocycles.